The lowest BCUT2D eigenvalue weighted by Gasteiger charge is -2.25. The third kappa shape index (κ3) is 5.52. The van der Waals surface area contributed by atoms with Gasteiger partial charge in [0.1, 0.15) is 0 Å². The summed E-state index contributed by atoms with van der Waals surface area (Å²) in [4.78, 5) is 7.32. The molecule has 1 aromatic rings. The molecule has 2 aliphatic heterocycles. The van der Waals surface area contributed by atoms with E-state index in [1.165, 1.54) is 25.7 Å². The number of rotatable bonds is 6. The molecule has 2 heterocycles. The molecule has 0 bridgehead atoms. The van der Waals surface area contributed by atoms with Crippen molar-refractivity contribution in [2.24, 2.45) is 10.4 Å². The van der Waals surface area contributed by atoms with Gasteiger partial charge in [-0.05, 0) is 63.1 Å². The molecule has 0 amide bonds. The highest BCUT2D eigenvalue weighted by atomic mass is 127. The second-order valence-corrected chi connectivity index (χ2v) is 8.65. The normalized spacial score (nSPS) is 24.3. The van der Waals surface area contributed by atoms with Crippen LogP contribution >= 0.6 is 24.0 Å². The summed E-state index contributed by atoms with van der Waals surface area (Å²) >= 11 is 0. The predicted octanol–water partition coefficient (Wildman–Crippen LogP) is 4.21. The lowest BCUT2D eigenvalue weighted by molar-refractivity contribution is 0.156. The number of hydrogen-bond donors (Lipinski definition) is 1. The highest BCUT2D eigenvalue weighted by molar-refractivity contribution is 14.0. The van der Waals surface area contributed by atoms with Crippen molar-refractivity contribution in [3.63, 3.8) is 0 Å². The van der Waals surface area contributed by atoms with Crippen LogP contribution in [0, 0.1) is 5.41 Å². The molecule has 30 heavy (non-hydrogen) atoms. The molecule has 1 aliphatic carbocycles. The SMILES string of the molecule is CCNC(=NCc1ccc(OC2CCCC2)c(OC)c1)N1CCC2(CCOC2)C1.I. The van der Waals surface area contributed by atoms with E-state index in [1.807, 2.05) is 6.07 Å². The Bertz CT molecular complexity index is 716. The van der Waals surface area contributed by atoms with Crippen molar-refractivity contribution < 1.29 is 14.2 Å². The van der Waals surface area contributed by atoms with E-state index in [4.69, 9.17) is 19.2 Å². The molecule has 3 fully saturated rings. The minimum Gasteiger partial charge on any atom is -0.493 e. The Morgan fingerprint density at radius 3 is 2.80 bits per heavy atom. The van der Waals surface area contributed by atoms with Crippen molar-refractivity contribution in [1.29, 1.82) is 0 Å². The fourth-order valence-corrected chi connectivity index (χ4v) is 4.77. The summed E-state index contributed by atoms with van der Waals surface area (Å²) in [5.74, 6) is 2.65. The van der Waals surface area contributed by atoms with E-state index in [1.54, 1.807) is 7.11 Å². The van der Waals surface area contributed by atoms with Gasteiger partial charge in [0.05, 0.1) is 26.4 Å². The Morgan fingerprint density at radius 2 is 2.10 bits per heavy atom. The van der Waals surface area contributed by atoms with Gasteiger partial charge in [0, 0.05) is 31.7 Å². The summed E-state index contributed by atoms with van der Waals surface area (Å²) in [5.41, 5.74) is 1.47. The predicted molar refractivity (Wildman–Crippen MR) is 130 cm³/mol. The van der Waals surface area contributed by atoms with Crippen molar-refractivity contribution in [3.8, 4) is 11.5 Å². The molecule has 3 aliphatic rings. The standard InChI is InChI=1S/C23H35N3O3.HI/c1-3-24-22(26-12-10-23(16-26)11-13-28-17-23)25-15-18-8-9-20(21(14-18)27-2)29-19-6-4-5-7-19;/h8-9,14,19H,3-7,10-13,15-17H2,1-2H3,(H,24,25);1H. The van der Waals surface area contributed by atoms with Gasteiger partial charge >= 0.3 is 0 Å². The average molecular weight is 529 g/mol. The number of nitrogens with zero attached hydrogens (tertiary/aromatic N) is 2. The second kappa shape index (κ2) is 10.9. The first-order valence-corrected chi connectivity index (χ1v) is 11.2. The van der Waals surface area contributed by atoms with Gasteiger partial charge in [-0.1, -0.05) is 6.07 Å². The van der Waals surface area contributed by atoms with E-state index in [0.717, 1.165) is 68.7 Å². The van der Waals surface area contributed by atoms with Gasteiger partial charge in [0.25, 0.3) is 0 Å². The van der Waals surface area contributed by atoms with Crippen LogP contribution in [0.15, 0.2) is 23.2 Å². The Morgan fingerprint density at radius 1 is 1.27 bits per heavy atom. The molecule has 0 aromatic heterocycles. The highest BCUT2D eigenvalue weighted by Gasteiger charge is 2.42. The number of halogens is 1. The fraction of sp³-hybridized carbons (Fsp3) is 0.696. The van der Waals surface area contributed by atoms with E-state index < -0.39 is 0 Å². The van der Waals surface area contributed by atoms with Crippen LogP contribution in [0.1, 0.15) is 51.0 Å². The molecule has 168 valence electrons. The van der Waals surface area contributed by atoms with Gasteiger partial charge < -0.3 is 24.4 Å². The Hall–Kier alpha value is -1.22. The van der Waals surface area contributed by atoms with Crippen LogP contribution in [0.4, 0.5) is 0 Å². The van der Waals surface area contributed by atoms with Gasteiger partial charge in [-0.25, -0.2) is 4.99 Å². The zero-order valence-corrected chi connectivity index (χ0v) is 20.7. The third-order valence-corrected chi connectivity index (χ3v) is 6.49. The van der Waals surface area contributed by atoms with Crippen LogP contribution in [0.5, 0.6) is 11.5 Å². The number of hydrogen-bond acceptors (Lipinski definition) is 4. The van der Waals surface area contributed by atoms with E-state index in [2.05, 4.69) is 29.3 Å². The van der Waals surface area contributed by atoms with Crippen molar-refractivity contribution in [1.82, 2.24) is 10.2 Å². The number of guanidine groups is 1. The number of aliphatic imine (C=N–C) groups is 1. The largest absolute Gasteiger partial charge is 0.493 e. The molecule has 1 N–H and O–H groups in total. The quantitative estimate of drug-likeness (QED) is 0.340. The topological polar surface area (TPSA) is 55.3 Å². The summed E-state index contributed by atoms with van der Waals surface area (Å²) in [7, 11) is 1.71. The number of ether oxygens (including phenoxy) is 3. The zero-order valence-electron chi connectivity index (χ0n) is 18.3. The third-order valence-electron chi connectivity index (χ3n) is 6.49. The summed E-state index contributed by atoms with van der Waals surface area (Å²) in [6.45, 7) is 7.50. The van der Waals surface area contributed by atoms with Gasteiger partial charge in [0.15, 0.2) is 17.5 Å². The molecule has 1 unspecified atom stereocenters. The molecule has 1 atom stereocenters. The molecule has 1 spiro atoms. The van der Waals surface area contributed by atoms with E-state index in [0.29, 0.717) is 18.1 Å². The molecule has 2 saturated heterocycles. The number of benzene rings is 1. The maximum Gasteiger partial charge on any atom is 0.194 e. The Labute approximate surface area is 197 Å². The van der Waals surface area contributed by atoms with Gasteiger partial charge in [-0.3, -0.25) is 0 Å². The minimum atomic E-state index is 0. The van der Waals surface area contributed by atoms with Gasteiger partial charge in [-0.2, -0.15) is 0 Å². The van der Waals surface area contributed by atoms with Crippen LogP contribution in [0.3, 0.4) is 0 Å². The zero-order chi connectivity index (χ0) is 20.1. The van der Waals surface area contributed by atoms with Crippen LogP contribution < -0.4 is 14.8 Å². The Kier molecular flexibility index (Phi) is 8.51. The van der Waals surface area contributed by atoms with Crippen LogP contribution in [0.2, 0.25) is 0 Å². The summed E-state index contributed by atoms with van der Waals surface area (Å²) in [6, 6.07) is 6.21. The van der Waals surface area contributed by atoms with Crippen LogP contribution in [0.25, 0.3) is 0 Å². The van der Waals surface area contributed by atoms with Gasteiger partial charge in [0.2, 0.25) is 0 Å². The monoisotopic (exact) mass is 529 g/mol. The molecule has 1 saturated carbocycles. The molecule has 0 radical (unpaired) electrons. The summed E-state index contributed by atoms with van der Waals surface area (Å²) in [5, 5.41) is 3.47. The second-order valence-electron chi connectivity index (χ2n) is 8.65. The number of methoxy groups -OCH3 is 1. The van der Waals surface area contributed by atoms with Crippen molar-refractivity contribution >= 4 is 29.9 Å². The van der Waals surface area contributed by atoms with Gasteiger partial charge in [-0.15, -0.1) is 24.0 Å². The fourth-order valence-electron chi connectivity index (χ4n) is 4.77. The summed E-state index contributed by atoms with van der Waals surface area (Å²) in [6.07, 6.45) is 7.50. The average Bonchev–Trinajstić information content (AvgIpc) is 3.50. The molecule has 1 aromatic carbocycles. The first kappa shape index (κ1) is 23.4. The maximum absolute atomic E-state index is 6.16. The molecular formula is C23H36IN3O3. The molecule has 6 nitrogen and oxygen atoms in total. The maximum atomic E-state index is 6.16. The number of likely N-dealkylation sites (tertiary alicyclic amines) is 1. The smallest absolute Gasteiger partial charge is 0.194 e. The lowest BCUT2D eigenvalue weighted by Crippen LogP contribution is -2.41. The van der Waals surface area contributed by atoms with Crippen LogP contribution in [-0.2, 0) is 11.3 Å². The van der Waals surface area contributed by atoms with Crippen molar-refractivity contribution in [2.45, 2.75) is 58.1 Å². The van der Waals surface area contributed by atoms with E-state index >= 15 is 0 Å². The molecular weight excluding hydrogens is 493 g/mol. The Balaban J connectivity index is 0.00000256. The lowest BCUT2D eigenvalue weighted by atomic mass is 9.87. The van der Waals surface area contributed by atoms with E-state index in [-0.39, 0.29) is 24.0 Å². The number of nitrogens with one attached hydrogen (secondary N) is 1. The summed E-state index contributed by atoms with van der Waals surface area (Å²) < 4.78 is 17.4. The van der Waals surface area contributed by atoms with Crippen molar-refractivity contribution in [3.05, 3.63) is 23.8 Å². The first-order valence-electron chi connectivity index (χ1n) is 11.2. The molecule has 7 heteroatoms. The van der Waals surface area contributed by atoms with Crippen LogP contribution in [-0.4, -0.2) is 56.9 Å². The van der Waals surface area contributed by atoms with E-state index in [9.17, 15) is 0 Å². The minimum absolute atomic E-state index is 0. The van der Waals surface area contributed by atoms with Crippen molar-refractivity contribution in [2.75, 3.05) is 40.0 Å². The first-order chi connectivity index (χ1) is 14.2. The molecule has 4 rings (SSSR count). The highest BCUT2D eigenvalue weighted by Crippen LogP contribution is 2.38.